The summed E-state index contributed by atoms with van der Waals surface area (Å²) in [6.07, 6.45) is 4.50. The Morgan fingerprint density at radius 3 is 2.63 bits per heavy atom. The fourth-order valence-corrected chi connectivity index (χ4v) is 4.13. The molecule has 0 saturated carbocycles. The summed E-state index contributed by atoms with van der Waals surface area (Å²) in [6.45, 7) is 1.89. The van der Waals surface area contributed by atoms with Crippen molar-refractivity contribution in [3.63, 3.8) is 0 Å². The number of hydrogen-bond donors (Lipinski definition) is 2. The largest absolute Gasteiger partial charge is 0.336 e. The van der Waals surface area contributed by atoms with Crippen molar-refractivity contribution < 1.29 is 4.79 Å². The van der Waals surface area contributed by atoms with Gasteiger partial charge in [-0.3, -0.25) is 15.2 Å². The standard InChI is InChI=1S/C24H23N5O/c30-24(29-12-11-20-19(16-29)14-26-23-21(20)15-27-28-23)22(18-9-5-2-6-10-18)25-13-17-7-3-1-4-8-17/h1-10,14-15,22,25H,11-13,16H2,(H,26,27,28). The van der Waals surface area contributed by atoms with Crippen LogP contribution in [0.4, 0.5) is 0 Å². The minimum Gasteiger partial charge on any atom is -0.336 e. The van der Waals surface area contributed by atoms with E-state index in [4.69, 9.17) is 0 Å². The molecular formula is C24H23N5O. The highest BCUT2D eigenvalue weighted by Gasteiger charge is 2.29. The van der Waals surface area contributed by atoms with Gasteiger partial charge in [0.15, 0.2) is 5.65 Å². The number of H-pyrrole nitrogens is 1. The van der Waals surface area contributed by atoms with E-state index in [9.17, 15) is 4.79 Å². The summed E-state index contributed by atoms with van der Waals surface area (Å²) in [7, 11) is 0. The lowest BCUT2D eigenvalue weighted by molar-refractivity contribution is -0.134. The summed E-state index contributed by atoms with van der Waals surface area (Å²) in [5, 5.41) is 11.6. The van der Waals surface area contributed by atoms with E-state index in [1.54, 1.807) is 0 Å². The Bertz CT molecular complexity index is 1160. The van der Waals surface area contributed by atoms with Gasteiger partial charge in [-0.25, -0.2) is 4.98 Å². The van der Waals surface area contributed by atoms with Crippen LogP contribution in [0.15, 0.2) is 73.1 Å². The van der Waals surface area contributed by atoms with Gasteiger partial charge >= 0.3 is 0 Å². The van der Waals surface area contributed by atoms with Crippen molar-refractivity contribution in [2.45, 2.75) is 25.6 Å². The van der Waals surface area contributed by atoms with Crippen LogP contribution in [0.2, 0.25) is 0 Å². The van der Waals surface area contributed by atoms with Crippen molar-refractivity contribution in [3.8, 4) is 0 Å². The Morgan fingerprint density at radius 1 is 1.07 bits per heavy atom. The molecule has 0 spiro atoms. The number of fused-ring (bicyclic) bond motifs is 3. The van der Waals surface area contributed by atoms with Gasteiger partial charge in [-0.15, -0.1) is 0 Å². The van der Waals surface area contributed by atoms with Crippen LogP contribution in [-0.4, -0.2) is 32.5 Å². The number of hydrogen-bond acceptors (Lipinski definition) is 4. The first kappa shape index (κ1) is 18.5. The molecule has 0 fully saturated rings. The molecule has 1 atom stereocenters. The van der Waals surface area contributed by atoms with Crippen LogP contribution in [0.25, 0.3) is 11.0 Å². The lowest BCUT2D eigenvalue weighted by Gasteiger charge is -2.32. The maximum Gasteiger partial charge on any atom is 0.244 e. The van der Waals surface area contributed by atoms with Crippen LogP contribution in [0.5, 0.6) is 0 Å². The Kier molecular flexibility index (Phi) is 4.99. The van der Waals surface area contributed by atoms with Gasteiger partial charge < -0.3 is 4.90 Å². The molecule has 0 aliphatic carbocycles. The first-order valence-electron chi connectivity index (χ1n) is 10.2. The zero-order chi connectivity index (χ0) is 20.3. The average Bonchev–Trinajstić information content (AvgIpc) is 3.29. The van der Waals surface area contributed by atoms with E-state index in [2.05, 4.69) is 32.6 Å². The van der Waals surface area contributed by atoms with E-state index in [1.807, 2.05) is 65.8 Å². The van der Waals surface area contributed by atoms with Crippen LogP contribution in [0.3, 0.4) is 0 Å². The van der Waals surface area contributed by atoms with Crippen molar-refractivity contribution in [3.05, 3.63) is 95.3 Å². The maximum absolute atomic E-state index is 13.6. The van der Waals surface area contributed by atoms with Gasteiger partial charge in [0.05, 0.1) is 6.20 Å². The molecule has 1 aliphatic rings. The number of pyridine rings is 1. The molecule has 5 rings (SSSR count). The number of nitrogens with one attached hydrogen (secondary N) is 2. The van der Waals surface area contributed by atoms with E-state index < -0.39 is 6.04 Å². The maximum atomic E-state index is 13.6. The number of rotatable bonds is 5. The Hall–Kier alpha value is -3.51. The van der Waals surface area contributed by atoms with E-state index >= 15 is 0 Å². The van der Waals surface area contributed by atoms with Gasteiger partial charge in [0.1, 0.15) is 6.04 Å². The summed E-state index contributed by atoms with van der Waals surface area (Å²) in [4.78, 5) is 20.0. The van der Waals surface area contributed by atoms with Crippen LogP contribution < -0.4 is 5.32 Å². The average molecular weight is 397 g/mol. The molecular weight excluding hydrogens is 374 g/mol. The van der Waals surface area contributed by atoms with E-state index in [1.165, 1.54) is 5.56 Å². The topological polar surface area (TPSA) is 73.9 Å². The molecule has 0 bridgehead atoms. The molecule has 3 heterocycles. The number of carbonyl (C=O) groups is 1. The second-order valence-electron chi connectivity index (χ2n) is 7.61. The SMILES string of the molecule is O=C(C(NCc1ccccc1)c1ccccc1)N1CCc2c(cnc3[nH]ncc23)C1. The Balaban J connectivity index is 1.39. The molecule has 6 heteroatoms. The lowest BCUT2D eigenvalue weighted by atomic mass is 9.97. The van der Waals surface area contributed by atoms with E-state index in [-0.39, 0.29) is 5.91 Å². The normalized spacial score (nSPS) is 14.5. The monoisotopic (exact) mass is 397 g/mol. The molecule has 1 unspecified atom stereocenters. The van der Waals surface area contributed by atoms with Gasteiger partial charge in [-0.2, -0.15) is 5.10 Å². The molecule has 30 heavy (non-hydrogen) atoms. The second kappa shape index (κ2) is 8.08. The molecule has 2 aromatic heterocycles. The van der Waals surface area contributed by atoms with Gasteiger partial charge in [0.2, 0.25) is 5.91 Å². The quantitative estimate of drug-likeness (QED) is 0.542. The molecule has 2 N–H and O–H groups in total. The Morgan fingerprint density at radius 2 is 1.83 bits per heavy atom. The molecule has 6 nitrogen and oxygen atoms in total. The zero-order valence-corrected chi connectivity index (χ0v) is 16.6. The molecule has 4 aromatic rings. The predicted molar refractivity (Wildman–Crippen MR) is 115 cm³/mol. The third kappa shape index (κ3) is 3.57. The zero-order valence-electron chi connectivity index (χ0n) is 16.6. The van der Waals surface area contributed by atoms with Crippen LogP contribution >= 0.6 is 0 Å². The van der Waals surface area contributed by atoms with Crippen molar-refractivity contribution in [1.82, 2.24) is 25.4 Å². The first-order valence-corrected chi connectivity index (χ1v) is 10.2. The molecule has 1 amide bonds. The van der Waals surface area contributed by atoms with Gasteiger partial charge in [-0.1, -0.05) is 60.7 Å². The molecule has 0 saturated heterocycles. The van der Waals surface area contributed by atoms with Gasteiger partial charge in [0.25, 0.3) is 0 Å². The van der Waals surface area contributed by atoms with Crippen molar-refractivity contribution in [1.29, 1.82) is 0 Å². The number of benzene rings is 2. The molecule has 150 valence electrons. The fourth-order valence-electron chi connectivity index (χ4n) is 4.13. The van der Waals surface area contributed by atoms with Crippen LogP contribution in [-0.2, 0) is 24.3 Å². The molecule has 0 radical (unpaired) electrons. The summed E-state index contributed by atoms with van der Waals surface area (Å²) in [5.74, 6) is 0.0927. The van der Waals surface area contributed by atoms with E-state index in [0.29, 0.717) is 19.6 Å². The number of carbonyl (C=O) groups excluding carboxylic acids is 1. The van der Waals surface area contributed by atoms with Gasteiger partial charge in [0, 0.05) is 31.2 Å². The third-order valence-corrected chi connectivity index (χ3v) is 5.72. The predicted octanol–water partition coefficient (Wildman–Crippen LogP) is 3.37. The molecule has 2 aromatic carbocycles. The Labute approximate surface area is 174 Å². The second-order valence-corrected chi connectivity index (χ2v) is 7.61. The highest BCUT2D eigenvalue weighted by atomic mass is 16.2. The number of nitrogens with zero attached hydrogens (tertiary/aromatic N) is 3. The summed E-state index contributed by atoms with van der Waals surface area (Å²) >= 11 is 0. The summed E-state index contributed by atoms with van der Waals surface area (Å²) < 4.78 is 0. The summed E-state index contributed by atoms with van der Waals surface area (Å²) in [5.41, 5.74) is 5.28. The van der Waals surface area contributed by atoms with Crippen molar-refractivity contribution in [2.75, 3.05) is 6.54 Å². The highest BCUT2D eigenvalue weighted by Crippen LogP contribution is 2.27. The summed E-state index contributed by atoms with van der Waals surface area (Å²) in [6, 6.07) is 19.7. The van der Waals surface area contributed by atoms with Crippen LogP contribution in [0.1, 0.15) is 28.3 Å². The fraction of sp³-hybridized carbons (Fsp3) is 0.208. The first-order chi connectivity index (χ1) is 14.8. The third-order valence-electron chi connectivity index (χ3n) is 5.72. The van der Waals surface area contributed by atoms with Crippen molar-refractivity contribution >= 4 is 16.9 Å². The van der Waals surface area contributed by atoms with E-state index in [0.717, 1.165) is 34.1 Å². The van der Waals surface area contributed by atoms with Gasteiger partial charge in [-0.05, 0) is 28.7 Å². The number of aromatic amines is 1. The highest BCUT2D eigenvalue weighted by molar-refractivity contribution is 5.85. The minimum atomic E-state index is -0.390. The lowest BCUT2D eigenvalue weighted by Crippen LogP contribution is -2.43. The number of aromatic nitrogens is 3. The minimum absolute atomic E-state index is 0.0927. The number of amides is 1. The van der Waals surface area contributed by atoms with Crippen LogP contribution in [0, 0.1) is 0 Å². The van der Waals surface area contributed by atoms with Crippen molar-refractivity contribution in [2.24, 2.45) is 0 Å². The smallest absolute Gasteiger partial charge is 0.244 e. The molecule has 1 aliphatic heterocycles.